The van der Waals surface area contributed by atoms with E-state index in [9.17, 15) is 18.4 Å². The van der Waals surface area contributed by atoms with Gasteiger partial charge in [0, 0.05) is 25.5 Å². The predicted octanol–water partition coefficient (Wildman–Crippen LogP) is 2.46. The number of likely N-dealkylation sites (N-methyl/N-ethyl adjacent to an activating group) is 1. The first-order valence-corrected chi connectivity index (χ1v) is 8.49. The molecule has 0 spiro atoms. The number of carbonyl (C=O) groups excluding carboxylic acids is 2. The Kier molecular flexibility index (Phi) is 7.25. The van der Waals surface area contributed by atoms with Gasteiger partial charge >= 0.3 is 6.55 Å². The van der Waals surface area contributed by atoms with E-state index in [0.717, 1.165) is 11.8 Å². The molecule has 1 heterocycles. The molecule has 2 aromatic rings. The maximum atomic E-state index is 12.9. The maximum absolute atomic E-state index is 12.9. The quantitative estimate of drug-likeness (QED) is 0.701. The molecule has 0 saturated heterocycles. The molecule has 0 radical (unpaired) electrons. The van der Waals surface area contributed by atoms with Crippen molar-refractivity contribution in [1.82, 2.24) is 19.8 Å². The van der Waals surface area contributed by atoms with Crippen molar-refractivity contribution >= 4 is 17.9 Å². The average molecular weight is 392 g/mol. The van der Waals surface area contributed by atoms with E-state index >= 15 is 0 Å². The second kappa shape index (κ2) is 9.63. The fraction of sp³-hybridized carbons (Fsp3) is 0.316. The van der Waals surface area contributed by atoms with Gasteiger partial charge in [-0.2, -0.15) is 8.78 Å². The zero-order valence-corrected chi connectivity index (χ0v) is 15.8. The second-order valence-electron chi connectivity index (χ2n) is 6.06. The fourth-order valence-electron chi connectivity index (χ4n) is 2.47. The summed E-state index contributed by atoms with van der Waals surface area (Å²) in [4.78, 5) is 29.5. The van der Waals surface area contributed by atoms with Crippen molar-refractivity contribution in [2.24, 2.45) is 0 Å². The second-order valence-corrected chi connectivity index (χ2v) is 6.06. The van der Waals surface area contributed by atoms with Crippen molar-refractivity contribution in [2.45, 2.75) is 26.1 Å². The summed E-state index contributed by atoms with van der Waals surface area (Å²) in [5.41, 5.74) is 0.797. The molecule has 9 heteroatoms. The third-order valence-electron chi connectivity index (χ3n) is 3.99. The van der Waals surface area contributed by atoms with Crippen molar-refractivity contribution in [2.75, 3.05) is 14.2 Å². The van der Waals surface area contributed by atoms with Gasteiger partial charge in [-0.05, 0) is 30.7 Å². The van der Waals surface area contributed by atoms with Crippen LogP contribution in [0.4, 0.5) is 8.78 Å². The Hall–Kier alpha value is -3.23. The number of hydrogen-bond donors (Lipinski definition) is 1. The molecule has 150 valence electrons. The lowest BCUT2D eigenvalue weighted by Crippen LogP contribution is -2.45. The van der Waals surface area contributed by atoms with Gasteiger partial charge in [0.2, 0.25) is 11.8 Å². The van der Waals surface area contributed by atoms with Crippen LogP contribution in [0.3, 0.4) is 0 Å². The minimum Gasteiger partial charge on any atom is -0.497 e. The van der Waals surface area contributed by atoms with E-state index in [-0.39, 0.29) is 12.4 Å². The van der Waals surface area contributed by atoms with Crippen molar-refractivity contribution in [1.29, 1.82) is 0 Å². The topological polar surface area (TPSA) is 76.5 Å². The number of benzene rings is 1. The van der Waals surface area contributed by atoms with Gasteiger partial charge in [0.05, 0.1) is 13.7 Å². The lowest BCUT2D eigenvalue weighted by atomic mass is 10.2. The highest BCUT2D eigenvalue weighted by molar-refractivity contribution is 5.95. The first kappa shape index (κ1) is 21.1. The summed E-state index contributed by atoms with van der Waals surface area (Å²) in [7, 11) is 3.03. The summed E-state index contributed by atoms with van der Waals surface area (Å²) in [6.45, 7) is -1.31. The highest BCUT2D eigenvalue weighted by Gasteiger charge is 2.21. The van der Waals surface area contributed by atoms with Gasteiger partial charge in [0.25, 0.3) is 0 Å². The van der Waals surface area contributed by atoms with Crippen LogP contribution in [0.5, 0.6) is 5.75 Å². The minimum atomic E-state index is -2.73. The number of methoxy groups -OCH3 is 1. The fourth-order valence-corrected chi connectivity index (χ4v) is 2.47. The van der Waals surface area contributed by atoms with E-state index in [4.69, 9.17) is 4.74 Å². The predicted molar refractivity (Wildman–Crippen MR) is 99.6 cm³/mol. The lowest BCUT2D eigenvalue weighted by Gasteiger charge is -2.21. The van der Waals surface area contributed by atoms with Crippen LogP contribution in [0.1, 0.15) is 24.9 Å². The summed E-state index contributed by atoms with van der Waals surface area (Å²) >= 11 is 0. The Morgan fingerprint density at radius 3 is 2.61 bits per heavy atom. The molecule has 2 amide bonds. The standard InChI is InChI=1S/C19H22F2N4O3/c1-13(18(27)24(2)12-16-22-10-11-25(16)19(20)21)23-17(26)9-6-14-4-7-15(28-3)8-5-14/h4-11,13,19H,12H2,1-3H3,(H,23,26)/b9-6+. The van der Waals surface area contributed by atoms with Crippen LogP contribution >= 0.6 is 0 Å². The van der Waals surface area contributed by atoms with Gasteiger partial charge in [0.15, 0.2) is 0 Å². The number of nitrogens with one attached hydrogen (secondary N) is 1. The normalized spacial score (nSPS) is 12.2. The smallest absolute Gasteiger partial charge is 0.319 e. The molecule has 7 nitrogen and oxygen atoms in total. The van der Waals surface area contributed by atoms with Crippen LogP contribution < -0.4 is 10.1 Å². The molecule has 1 atom stereocenters. The summed E-state index contributed by atoms with van der Waals surface area (Å²) in [6.07, 6.45) is 5.31. The number of amides is 2. The van der Waals surface area contributed by atoms with E-state index < -0.39 is 24.4 Å². The van der Waals surface area contributed by atoms with Gasteiger partial charge in [-0.3, -0.25) is 14.2 Å². The minimum absolute atomic E-state index is 0.0591. The third kappa shape index (κ3) is 5.63. The number of aromatic nitrogens is 2. The van der Waals surface area contributed by atoms with Crippen LogP contribution in [-0.2, 0) is 16.1 Å². The molecule has 1 aromatic heterocycles. The molecular formula is C19H22F2N4O3. The van der Waals surface area contributed by atoms with Crippen LogP contribution in [0.25, 0.3) is 6.08 Å². The van der Waals surface area contributed by atoms with Gasteiger partial charge < -0.3 is 15.0 Å². The molecule has 0 aliphatic carbocycles. The molecular weight excluding hydrogens is 370 g/mol. The molecule has 28 heavy (non-hydrogen) atoms. The summed E-state index contributed by atoms with van der Waals surface area (Å²) in [5.74, 6) is -0.103. The Morgan fingerprint density at radius 2 is 2.00 bits per heavy atom. The number of hydrogen-bond acceptors (Lipinski definition) is 4. The maximum Gasteiger partial charge on any atom is 0.319 e. The van der Waals surface area contributed by atoms with E-state index in [0.29, 0.717) is 10.3 Å². The number of ether oxygens (including phenoxy) is 1. The van der Waals surface area contributed by atoms with Crippen molar-refractivity contribution in [3.63, 3.8) is 0 Å². The van der Waals surface area contributed by atoms with Crippen LogP contribution in [-0.4, -0.2) is 46.5 Å². The molecule has 1 unspecified atom stereocenters. The van der Waals surface area contributed by atoms with Gasteiger partial charge in [-0.15, -0.1) is 0 Å². The van der Waals surface area contributed by atoms with Crippen molar-refractivity contribution < 1.29 is 23.1 Å². The van der Waals surface area contributed by atoms with Crippen LogP contribution in [0.2, 0.25) is 0 Å². The summed E-state index contributed by atoms with van der Waals surface area (Å²) in [6, 6.07) is 6.28. The van der Waals surface area contributed by atoms with Crippen molar-refractivity contribution in [3.8, 4) is 5.75 Å². The van der Waals surface area contributed by atoms with Crippen LogP contribution in [0, 0.1) is 0 Å². The Morgan fingerprint density at radius 1 is 1.32 bits per heavy atom. The number of carbonyl (C=O) groups is 2. The molecule has 0 saturated carbocycles. The first-order chi connectivity index (χ1) is 13.3. The zero-order valence-electron chi connectivity index (χ0n) is 15.8. The number of rotatable bonds is 8. The number of imidazole rings is 1. The number of nitrogens with zero attached hydrogens (tertiary/aromatic N) is 3. The first-order valence-electron chi connectivity index (χ1n) is 8.49. The lowest BCUT2D eigenvalue weighted by molar-refractivity contribution is -0.134. The van der Waals surface area contributed by atoms with Gasteiger partial charge in [-0.25, -0.2) is 4.98 Å². The molecule has 1 aromatic carbocycles. The van der Waals surface area contributed by atoms with Gasteiger partial charge in [0.1, 0.15) is 17.6 Å². The molecule has 0 bridgehead atoms. The largest absolute Gasteiger partial charge is 0.497 e. The molecule has 2 rings (SSSR count). The summed E-state index contributed by atoms with van der Waals surface area (Å²) < 4.78 is 31.5. The Balaban J connectivity index is 1.90. The number of alkyl halides is 2. The highest BCUT2D eigenvalue weighted by Crippen LogP contribution is 2.14. The molecule has 1 N–H and O–H groups in total. The SMILES string of the molecule is COc1ccc(/C=C/C(=O)NC(C)C(=O)N(C)Cc2nccn2C(F)F)cc1. The monoisotopic (exact) mass is 392 g/mol. The Labute approximate surface area is 161 Å². The summed E-state index contributed by atoms with van der Waals surface area (Å²) in [5, 5.41) is 2.55. The Bertz CT molecular complexity index is 834. The third-order valence-corrected chi connectivity index (χ3v) is 3.99. The zero-order chi connectivity index (χ0) is 20.7. The van der Waals surface area contributed by atoms with E-state index in [1.807, 2.05) is 0 Å². The number of halogens is 2. The molecule has 0 aliphatic heterocycles. The van der Waals surface area contributed by atoms with E-state index in [1.54, 1.807) is 37.5 Å². The van der Waals surface area contributed by atoms with Crippen LogP contribution in [0.15, 0.2) is 42.7 Å². The molecule has 0 aliphatic rings. The molecule has 0 fully saturated rings. The highest BCUT2D eigenvalue weighted by atomic mass is 19.3. The van der Waals surface area contributed by atoms with Gasteiger partial charge in [-0.1, -0.05) is 12.1 Å². The van der Waals surface area contributed by atoms with Crippen molar-refractivity contribution in [3.05, 3.63) is 54.1 Å². The van der Waals surface area contributed by atoms with E-state index in [1.165, 1.54) is 31.1 Å². The average Bonchev–Trinajstić information content (AvgIpc) is 3.14. The van der Waals surface area contributed by atoms with E-state index in [2.05, 4.69) is 10.3 Å².